The van der Waals surface area contributed by atoms with E-state index in [0.717, 1.165) is 11.4 Å². The van der Waals surface area contributed by atoms with Crippen molar-refractivity contribution in [2.75, 3.05) is 23.8 Å². The van der Waals surface area contributed by atoms with Crippen molar-refractivity contribution in [2.45, 2.75) is 13.8 Å². The number of benzene rings is 2. The third kappa shape index (κ3) is 6.20. The Morgan fingerprint density at radius 1 is 1.13 bits per heavy atom. The molecule has 0 saturated heterocycles. The summed E-state index contributed by atoms with van der Waals surface area (Å²) in [5, 5.41) is 6.50. The Morgan fingerprint density at radius 2 is 1.87 bits per heavy atom. The van der Waals surface area contributed by atoms with Crippen LogP contribution in [0.15, 0.2) is 48.5 Å². The number of halogens is 1. The van der Waals surface area contributed by atoms with Gasteiger partial charge in [-0.25, -0.2) is 0 Å². The average Bonchev–Trinajstić information content (AvgIpc) is 2.51. The number of carbonyl (C=O) groups excluding carboxylic acids is 1. The average molecular weight is 333 g/mol. The number of ether oxygens (including phenoxy) is 1. The highest BCUT2D eigenvalue weighted by molar-refractivity contribution is 6.30. The summed E-state index contributed by atoms with van der Waals surface area (Å²) < 4.78 is 5.65. The normalized spacial score (nSPS) is 10.4. The Balaban J connectivity index is 1.86. The molecule has 122 valence electrons. The molecule has 1 amide bonds. The maximum absolute atomic E-state index is 12.0. The van der Waals surface area contributed by atoms with Crippen molar-refractivity contribution in [3.63, 3.8) is 0 Å². The van der Waals surface area contributed by atoms with Crippen molar-refractivity contribution in [1.29, 1.82) is 0 Å². The van der Waals surface area contributed by atoms with Crippen LogP contribution in [-0.4, -0.2) is 19.1 Å². The van der Waals surface area contributed by atoms with Crippen molar-refractivity contribution in [3.05, 3.63) is 53.6 Å². The Morgan fingerprint density at radius 3 is 2.61 bits per heavy atom. The summed E-state index contributed by atoms with van der Waals surface area (Å²) in [4.78, 5) is 12.0. The van der Waals surface area contributed by atoms with Crippen LogP contribution in [-0.2, 0) is 4.79 Å². The number of nitrogens with one attached hydrogen (secondary N) is 2. The van der Waals surface area contributed by atoms with Crippen molar-refractivity contribution in [2.24, 2.45) is 5.92 Å². The van der Waals surface area contributed by atoms with E-state index in [9.17, 15) is 4.79 Å². The topological polar surface area (TPSA) is 50.4 Å². The van der Waals surface area contributed by atoms with Gasteiger partial charge in [-0.05, 0) is 36.2 Å². The third-order valence-electron chi connectivity index (χ3n) is 2.98. The molecule has 0 bridgehead atoms. The lowest BCUT2D eigenvalue weighted by molar-refractivity contribution is -0.114. The molecule has 0 aromatic heterocycles. The van der Waals surface area contributed by atoms with Crippen LogP contribution < -0.4 is 15.4 Å². The largest absolute Gasteiger partial charge is 0.493 e. The number of anilines is 2. The molecule has 0 saturated carbocycles. The summed E-state index contributed by atoms with van der Waals surface area (Å²) in [7, 11) is 0. The second kappa shape index (κ2) is 8.44. The molecular weight excluding hydrogens is 312 g/mol. The minimum atomic E-state index is -0.133. The predicted molar refractivity (Wildman–Crippen MR) is 95.3 cm³/mol. The van der Waals surface area contributed by atoms with Crippen LogP contribution in [0.5, 0.6) is 5.75 Å². The minimum Gasteiger partial charge on any atom is -0.493 e. The number of amides is 1. The summed E-state index contributed by atoms with van der Waals surface area (Å²) in [6, 6.07) is 14.6. The molecule has 2 N–H and O–H groups in total. The van der Waals surface area contributed by atoms with E-state index in [1.54, 1.807) is 12.1 Å². The summed E-state index contributed by atoms with van der Waals surface area (Å²) in [6.45, 7) is 4.99. The zero-order valence-electron chi connectivity index (χ0n) is 13.3. The molecule has 2 rings (SSSR count). The molecule has 0 atom stereocenters. The molecule has 0 heterocycles. The Labute approximate surface area is 141 Å². The van der Waals surface area contributed by atoms with Gasteiger partial charge in [0.05, 0.1) is 13.2 Å². The van der Waals surface area contributed by atoms with E-state index in [2.05, 4.69) is 24.5 Å². The highest BCUT2D eigenvalue weighted by Gasteiger charge is 2.04. The molecule has 0 spiro atoms. The summed E-state index contributed by atoms with van der Waals surface area (Å²) in [5.41, 5.74) is 1.52. The molecule has 5 heteroatoms. The first-order chi connectivity index (χ1) is 11.0. The van der Waals surface area contributed by atoms with Crippen molar-refractivity contribution in [1.82, 2.24) is 0 Å². The fourth-order valence-corrected chi connectivity index (χ4v) is 2.10. The molecule has 0 aliphatic heterocycles. The fourth-order valence-electron chi connectivity index (χ4n) is 1.91. The van der Waals surface area contributed by atoms with Gasteiger partial charge in [0.25, 0.3) is 0 Å². The van der Waals surface area contributed by atoms with Crippen molar-refractivity contribution in [3.8, 4) is 5.75 Å². The van der Waals surface area contributed by atoms with Gasteiger partial charge in [-0.15, -0.1) is 0 Å². The first-order valence-electron chi connectivity index (χ1n) is 7.55. The molecule has 0 aliphatic rings. The third-order valence-corrected chi connectivity index (χ3v) is 3.21. The summed E-state index contributed by atoms with van der Waals surface area (Å²) >= 11 is 5.90. The molecular formula is C18H21ClN2O2. The zero-order chi connectivity index (χ0) is 16.7. The van der Waals surface area contributed by atoms with E-state index in [1.807, 2.05) is 36.4 Å². The van der Waals surface area contributed by atoms with Crippen LogP contribution in [0.25, 0.3) is 0 Å². The van der Waals surface area contributed by atoms with Gasteiger partial charge in [0, 0.05) is 22.5 Å². The summed E-state index contributed by atoms with van der Waals surface area (Å²) in [6.07, 6.45) is 0. The second-order valence-electron chi connectivity index (χ2n) is 5.64. The first-order valence-corrected chi connectivity index (χ1v) is 7.93. The van der Waals surface area contributed by atoms with Crippen LogP contribution in [0.3, 0.4) is 0 Å². The highest BCUT2D eigenvalue weighted by atomic mass is 35.5. The molecule has 0 fully saturated rings. The fraction of sp³-hybridized carbons (Fsp3) is 0.278. The van der Waals surface area contributed by atoms with E-state index in [-0.39, 0.29) is 12.5 Å². The Kier molecular flexibility index (Phi) is 6.29. The van der Waals surface area contributed by atoms with E-state index in [0.29, 0.717) is 23.2 Å². The Bertz CT molecular complexity index is 659. The summed E-state index contributed by atoms with van der Waals surface area (Å²) in [5.74, 6) is 1.07. The number of rotatable bonds is 7. The van der Waals surface area contributed by atoms with Crippen molar-refractivity contribution < 1.29 is 9.53 Å². The first kappa shape index (κ1) is 17.2. The molecule has 0 unspecified atom stereocenters. The van der Waals surface area contributed by atoms with Crippen LogP contribution in [0, 0.1) is 5.92 Å². The maximum atomic E-state index is 12.0. The lowest BCUT2D eigenvalue weighted by Gasteiger charge is -2.11. The van der Waals surface area contributed by atoms with Gasteiger partial charge in [-0.3, -0.25) is 4.79 Å². The lowest BCUT2D eigenvalue weighted by Crippen LogP contribution is -2.21. The second-order valence-corrected chi connectivity index (χ2v) is 6.08. The van der Waals surface area contributed by atoms with Gasteiger partial charge in [-0.1, -0.05) is 37.6 Å². The maximum Gasteiger partial charge on any atom is 0.243 e. The monoisotopic (exact) mass is 332 g/mol. The standard InChI is InChI=1S/C18H21ClN2O2/c1-13(2)12-23-17-8-4-7-16(10-17)21-18(22)11-20-15-6-3-5-14(19)9-15/h3-10,13,20H,11-12H2,1-2H3,(H,21,22). The van der Waals surface area contributed by atoms with Gasteiger partial charge < -0.3 is 15.4 Å². The van der Waals surface area contributed by atoms with Gasteiger partial charge >= 0.3 is 0 Å². The molecule has 0 aliphatic carbocycles. The molecule has 4 nitrogen and oxygen atoms in total. The Hall–Kier alpha value is -2.20. The molecule has 23 heavy (non-hydrogen) atoms. The van der Waals surface area contributed by atoms with E-state index in [4.69, 9.17) is 16.3 Å². The zero-order valence-corrected chi connectivity index (χ0v) is 14.1. The number of hydrogen-bond donors (Lipinski definition) is 2. The van der Waals surface area contributed by atoms with Gasteiger partial charge in [0.1, 0.15) is 5.75 Å². The van der Waals surface area contributed by atoms with Gasteiger partial charge in [0.2, 0.25) is 5.91 Å². The SMILES string of the molecule is CC(C)COc1cccc(NC(=O)CNc2cccc(Cl)c2)c1. The quantitative estimate of drug-likeness (QED) is 0.788. The predicted octanol–water partition coefficient (Wildman–Crippen LogP) is 4.43. The van der Waals surface area contributed by atoms with Crippen LogP contribution in [0.4, 0.5) is 11.4 Å². The minimum absolute atomic E-state index is 0.133. The number of hydrogen-bond acceptors (Lipinski definition) is 3. The highest BCUT2D eigenvalue weighted by Crippen LogP contribution is 2.18. The molecule has 2 aromatic rings. The van der Waals surface area contributed by atoms with E-state index < -0.39 is 0 Å². The van der Waals surface area contributed by atoms with Gasteiger partial charge in [0.15, 0.2) is 0 Å². The smallest absolute Gasteiger partial charge is 0.243 e. The number of carbonyl (C=O) groups is 1. The van der Waals surface area contributed by atoms with Crippen LogP contribution in [0.2, 0.25) is 5.02 Å². The van der Waals surface area contributed by atoms with E-state index in [1.165, 1.54) is 0 Å². The van der Waals surface area contributed by atoms with Crippen LogP contribution in [0.1, 0.15) is 13.8 Å². The van der Waals surface area contributed by atoms with Crippen molar-refractivity contribution >= 4 is 28.9 Å². The van der Waals surface area contributed by atoms with Gasteiger partial charge in [-0.2, -0.15) is 0 Å². The molecule has 0 radical (unpaired) electrons. The van der Waals surface area contributed by atoms with Crippen LogP contribution >= 0.6 is 11.6 Å². The van der Waals surface area contributed by atoms with E-state index >= 15 is 0 Å². The lowest BCUT2D eigenvalue weighted by atomic mass is 10.2. The molecule has 2 aromatic carbocycles.